The van der Waals surface area contributed by atoms with E-state index in [9.17, 15) is 18.0 Å². The van der Waals surface area contributed by atoms with E-state index in [0.717, 1.165) is 12.1 Å². The highest BCUT2D eigenvalue weighted by Gasteiger charge is 2.39. The molecule has 1 aromatic heterocycles. The van der Waals surface area contributed by atoms with Crippen LogP contribution < -0.4 is 10.9 Å². The van der Waals surface area contributed by atoms with Crippen molar-refractivity contribution < 1.29 is 13.2 Å². The minimum Gasteiger partial charge on any atom is -0.326 e. The molecule has 0 radical (unpaired) electrons. The minimum absolute atomic E-state index is 0.0212. The first kappa shape index (κ1) is 17.9. The molecule has 2 bridgehead atoms. The maximum atomic E-state index is 13.1. The third-order valence-corrected chi connectivity index (χ3v) is 7.10. The molecule has 0 unspecified atom stereocenters. The standard InChI is InChI=1S/C19H21N3O4S/c1-13(23)20-16-5-7-17(8-6-16)27(25,26)21-10-14-9-15(12-21)18-3-2-4-19(24)22(18)11-14/h2-8,14-15H,9-12H2,1H3,(H,20,23)/t14-,15+/m0/s1. The fraction of sp³-hybridized carbons (Fsp3) is 0.368. The van der Waals surface area contributed by atoms with E-state index < -0.39 is 10.0 Å². The molecule has 8 heteroatoms. The van der Waals surface area contributed by atoms with E-state index in [-0.39, 0.29) is 28.2 Å². The van der Waals surface area contributed by atoms with E-state index in [1.807, 2.05) is 6.07 Å². The molecule has 0 aliphatic carbocycles. The highest BCUT2D eigenvalue weighted by molar-refractivity contribution is 7.89. The van der Waals surface area contributed by atoms with Crippen molar-refractivity contribution in [3.8, 4) is 0 Å². The summed E-state index contributed by atoms with van der Waals surface area (Å²) in [5.74, 6) is -0.0482. The van der Waals surface area contributed by atoms with Crippen LogP contribution in [0.4, 0.5) is 5.69 Å². The number of carbonyl (C=O) groups is 1. The fourth-order valence-electron chi connectivity index (χ4n) is 4.11. The Morgan fingerprint density at radius 1 is 1.07 bits per heavy atom. The van der Waals surface area contributed by atoms with Gasteiger partial charge in [-0.05, 0) is 42.7 Å². The van der Waals surface area contributed by atoms with Gasteiger partial charge in [0.2, 0.25) is 15.9 Å². The highest BCUT2D eigenvalue weighted by Crippen LogP contribution is 2.37. The Kier molecular flexibility index (Phi) is 4.39. The van der Waals surface area contributed by atoms with Gasteiger partial charge in [-0.25, -0.2) is 8.42 Å². The molecule has 3 heterocycles. The molecule has 27 heavy (non-hydrogen) atoms. The Bertz CT molecular complexity index is 1040. The van der Waals surface area contributed by atoms with Gasteiger partial charge >= 0.3 is 0 Å². The van der Waals surface area contributed by atoms with Gasteiger partial charge in [-0.1, -0.05) is 6.07 Å². The molecule has 0 spiro atoms. The molecule has 7 nitrogen and oxygen atoms in total. The summed E-state index contributed by atoms with van der Waals surface area (Å²) < 4.78 is 29.5. The van der Waals surface area contributed by atoms with E-state index in [1.54, 1.807) is 28.8 Å². The van der Waals surface area contributed by atoms with Crippen molar-refractivity contribution in [3.63, 3.8) is 0 Å². The van der Waals surface area contributed by atoms with Gasteiger partial charge in [0.15, 0.2) is 0 Å². The number of hydrogen-bond acceptors (Lipinski definition) is 4. The average Bonchev–Trinajstić information content (AvgIpc) is 2.62. The average molecular weight is 387 g/mol. The number of nitrogens with one attached hydrogen (secondary N) is 1. The van der Waals surface area contributed by atoms with Gasteiger partial charge in [-0.15, -0.1) is 0 Å². The monoisotopic (exact) mass is 387 g/mol. The number of amides is 1. The third-order valence-electron chi connectivity index (χ3n) is 5.26. The van der Waals surface area contributed by atoms with E-state index >= 15 is 0 Å². The summed E-state index contributed by atoms with van der Waals surface area (Å²) in [6.45, 7) is 2.74. The van der Waals surface area contributed by atoms with E-state index in [1.165, 1.54) is 23.4 Å². The number of anilines is 1. The van der Waals surface area contributed by atoms with Crippen molar-refractivity contribution in [2.75, 3.05) is 18.4 Å². The number of sulfonamides is 1. The lowest BCUT2D eigenvalue weighted by molar-refractivity contribution is -0.114. The van der Waals surface area contributed by atoms with Crippen LogP contribution in [0.25, 0.3) is 0 Å². The fourth-order valence-corrected chi connectivity index (χ4v) is 5.67. The second kappa shape index (κ2) is 6.61. The van der Waals surface area contributed by atoms with Crippen LogP contribution in [-0.4, -0.2) is 36.3 Å². The van der Waals surface area contributed by atoms with Gasteiger partial charge < -0.3 is 9.88 Å². The Hall–Kier alpha value is -2.45. The largest absolute Gasteiger partial charge is 0.326 e. The summed E-state index contributed by atoms with van der Waals surface area (Å²) in [5.41, 5.74) is 1.46. The molecule has 1 N–H and O–H groups in total. The molecule has 2 aliphatic rings. The Morgan fingerprint density at radius 2 is 1.81 bits per heavy atom. The first-order valence-electron chi connectivity index (χ1n) is 8.92. The number of piperidine rings is 1. The molecule has 2 aromatic rings. The summed E-state index contributed by atoms with van der Waals surface area (Å²) in [6, 6.07) is 11.4. The van der Waals surface area contributed by atoms with Crippen LogP contribution in [0.1, 0.15) is 25.0 Å². The van der Waals surface area contributed by atoms with Crippen LogP contribution in [0, 0.1) is 5.92 Å². The van der Waals surface area contributed by atoms with Crippen molar-refractivity contribution in [3.05, 3.63) is 58.5 Å². The quantitative estimate of drug-likeness (QED) is 0.867. The second-order valence-corrected chi connectivity index (χ2v) is 9.16. The van der Waals surface area contributed by atoms with Crippen LogP contribution in [0.5, 0.6) is 0 Å². The maximum absolute atomic E-state index is 13.1. The zero-order chi connectivity index (χ0) is 19.2. The van der Waals surface area contributed by atoms with Crippen LogP contribution >= 0.6 is 0 Å². The highest BCUT2D eigenvalue weighted by atomic mass is 32.2. The Labute approximate surface area is 157 Å². The molecule has 1 saturated heterocycles. The summed E-state index contributed by atoms with van der Waals surface area (Å²) in [7, 11) is -3.63. The topological polar surface area (TPSA) is 88.5 Å². The number of fused-ring (bicyclic) bond motifs is 4. The molecule has 2 atom stereocenters. The first-order chi connectivity index (χ1) is 12.8. The summed E-state index contributed by atoms with van der Waals surface area (Å²) >= 11 is 0. The van der Waals surface area contributed by atoms with E-state index in [0.29, 0.717) is 25.3 Å². The lowest BCUT2D eigenvalue weighted by Crippen LogP contribution is -2.48. The predicted molar refractivity (Wildman–Crippen MR) is 101 cm³/mol. The van der Waals surface area contributed by atoms with E-state index in [2.05, 4.69) is 5.32 Å². The maximum Gasteiger partial charge on any atom is 0.250 e. The van der Waals surface area contributed by atoms with Crippen LogP contribution in [0.3, 0.4) is 0 Å². The Morgan fingerprint density at radius 3 is 2.52 bits per heavy atom. The molecule has 4 rings (SSSR count). The van der Waals surface area contributed by atoms with Crippen molar-refractivity contribution in [1.82, 2.24) is 8.87 Å². The van der Waals surface area contributed by atoms with Gasteiger partial charge in [0.05, 0.1) is 4.90 Å². The van der Waals surface area contributed by atoms with Gasteiger partial charge in [-0.3, -0.25) is 9.59 Å². The number of nitrogens with zero attached hydrogens (tertiary/aromatic N) is 2. The zero-order valence-corrected chi connectivity index (χ0v) is 15.8. The third kappa shape index (κ3) is 3.30. The van der Waals surface area contributed by atoms with Crippen LogP contribution in [-0.2, 0) is 21.4 Å². The second-order valence-electron chi connectivity index (χ2n) is 7.23. The van der Waals surface area contributed by atoms with Crippen molar-refractivity contribution >= 4 is 21.6 Å². The lowest BCUT2D eigenvalue weighted by atomic mass is 9.84. The molecule has 1 aromatic carbocycles. The van der Waals surface area contributed by atoms with E-state index in [4.69, 9.17) is 0 Å². The molecule has 1 fully saturated rings. The molecule has 142 valence electrons. The van der Waals surface area contributed by atoms with Gasteiger partial charge in [0.25, 0.3) is 5.56 Å². The number of aromatic nitrogens is 1. The Balaban J connectivity index is 1.61. The minimum atomic E-state index is -3.63. The zero-order valence-electron chi connectivity index (χ0n) is 15.0. The number of pyridine rings is 1. The molecular formula is C19H21N3O4S. The van der Waals surface area contributed by atoms with Crippen molar-refractivity contribution in [2.24, 2.45) is 5.92 Å². The normalized spacial score (nSPS) is 22.1. The van der Waals surface area contributed by atoms with Gasteiger partial charge in [0.1, 0.15) is 0 Å². The summed E-state index contributed by atoms with van der Waals surface area (Å²) in [6.07, 6.45) is 0.900. The SMILES string of the molecule is CC(=O)Nc1ccc(S(=O)(=O)N2C[C@@H]3C[C@H](C2)c2cccc(=O)n2C3)cc1. The van der Waals surface area contributed by atoms with Crippen LogP contribution in [0.15, 0.2) is 52.2 Å². The van der Waals surface area contributed by atoms with Crippen molar-refractivity contribution in [1.29, 1.82) is 0 Å². The van der Waals surface area contributed by atoms with Gasteiger partial charge in [-0.2, -0.15) is 4.31 Å². The van der Waals surface area contributed by atoms with Crippen LogP contribution in [0.2, 0.25) is 0 Å². The number of rotatable bonds is 3. The summed E-state index contributed by atoms with van der Waals surface area (Å²) in [5, 5.41) is 2.63. The number of benzene rings is 1. The molecule has 2 aliphatic heterocycles. The predicted octanol–water partition coefficient (Wildman–Crippen LogP) is 1.61. The molecule has 1 amide bonds. The summed E-state index contributed by atoms with van der Waals surface area (Å²) in [4.78, 5) is 23.4. The lowest BCUT2D eigenvalue weighted by Gasteiger charge is -2.42. The van der Waals surface area contributed by atoms with Gasteiger partial charge in [0, 0.05) is 49.9 Å². The first-order valence-corrected chi connectivity index (χ1v) is 10.4. The smallest absolute Gasteiger partial charge is 0.250 e. The number of hydrogen-bond donors (Lipinski definition) is 1. The number of carbonyl (C=O) groups excluding carboxylic acids is 1. The molecular weight excluding hydrogens is 366 g/mol. The van der Waals surface area contributed by atoms with Crippen molar-refractivity contribution in [2.45, 2.75) is 30.7 Å². The molecule has 0 saturated carbocycles.